The third-order valence-corrected chi connectivity index (χ3v) is 3.02. The summed E-state index contributed by atoms with van der Waals surface area (Å²) in [6, 6.07) is 0. The van der Waals surface area contributed by atoms with Crippen LogP contribution in [0.15, 0.2) is 0 Å². The van der Waals surface area contributed by atoms with Crippen LogP contribution in [0.5, 0.6) is 0 Å². The second kappa shape index (κ2) is 3.11. The van der Waals surface area contributed by atoms with E-state index >= 15 is 0 Å². The largest absolute Gasteiger partial charge is 0.396 e. The van der Waals surface area contributed by atoms with Crippen LogP contribution in [0, 0.1) is 11.8 Å². The van der Waals surface area contributed by atoms with Gasteiger partial charge in [-0.3, -0.25) is 0 Å². The van der Waals surface area contributed by atoms with Gasteiger partial charge in [0.1, 0.15) is 0 Å². The van der Waals surface area contributed by atoms with Crippen LogP contribution in [0.2, 0.25) is 0 Å². The maximum Gasteiger partial charge on any atom is 0.0672 e. The Balaban J connectivity index is 2.64. The van der Waals surface area contributed by atoms with Crippen molar-refractivity contribution in [2.24, 2.45) is 11.8 Å². The fraction of sp³-hybridized carbons (Fsp3) is 1.00. The van der Waals surface area contributed by atoms with E-state index in [0.29, 0.717) is 5.92 Å². The lowest BCUT2D eigenvalue weighted by molar-refractivity contribution is -0.0751. The Morgan fingerprint density at radius 2 is 2.18 bits per heavy atom. The molecule has 1 aliphatic carbocycles. The van der Waals surface area contributed by atoms with E-state index in [1.165, 1.54) is 0 Å². The van der Waals surface area contributed by atoms with Crippen LogP contribution in [0.1, 0.15) is 33.1 Å². The highest BCUT2D eigenvalue weighted by Crippen LogP contribution is 2.36. The summed E-state index contributed by atoms with van der Waals surface area (Å²) in [6.07, 6.45) is 3.06. The zero-order chi connectivity index (χ0) is 8.48. The van der Waals surface area contributed by atoms with Gasteiger partial charge >= 0.3 is 0 Å². The van der Waals surface area contributed by atoms with Gasteiger partial charge in [-0.15, -0.1) is 0 Å². The van der Waals surface area contributed by atoms with E-state index in [0.717, 1.165) is 19.3 Å². The molecule has 0 aromatic rings. The molecule has 0 spiro atoms. The van der Waals surface area contributed by atoms with Crippen LogP contribution in [0.25, 0.3) is 0 Å². The molecular weight excluding hydrogens is 140 g/mol. The second-order valence-corrected chi connectivity index (χ2v) is 4.02. The fourth-order valence-corrected chi connectivity index (χ4v) is 2.16. The third kappa shape index (κ3) is 1.74. The Labute approximate surface area is 68.2 Å². The summed E-state index contributed by atoms with van der Waals surface area (Å²) >= 11 is 0. The summed E-state index contributed by atoms with van der Waals surface area (Å²) in [7, 11) is 0. The van der Waals surface area contributed by atoms with Crippen molar-refractivity contribution in [1.82, 2.24) is 0 Å². The summed E-state index contributed by atoms with van der Waals surface area (Å²) < 4.78 is 0. The summed E-state index contributed by atoms with van der Waals surface area (Å²) in [5.74, 6) is 0.542. The lowest BCUT2D eigenvalue weighted by atomic mass is 9.71. The predicted molar refractivity (Wildman–Crippen MR) is 44.2 cm³/mol. The van der Waals surface area contributed by atoms with Gasteiger partial charge in [0.05, 0.1) is 5.60 Å². The summed E-state index contributed by atoms with van der Waals surface area (Å²) in [6.45, 7) is 4.06. The molecular formula is C9H18O2. The Morgan fingerprint density at radius 3 is 2.55 bits per heavy atom. The molecule has 11 heavy (non-hydrogen) atoms. The van der Waals surface area contributed by atoms with Crippen molar-refractivity contribution in [3.63, 3.8) is 0 Å². The van der Waals surface area contributed by atoms with E-state index in [4.69, 9.17) is 5.11 Å². The quantitative estimate of drug-likeness (QED) is 0.601. The molecule has 0 bridgehead atoms. The van der Waals surface area contributed by atoms with Crippen molar-refractivity contribution >= 4 is 0 Å². The van der Waals surface area contributed by atoms with Crippen LogP contribution in [-0.4, -0.2) is 22.4 Å². The molecule has 0 aromatic carbocycles. The highest BCUT2D eigenvalue weighted by molar-refractivity contribution is 4.88. The minimum Gasteiger partial charge on any atom is -0.396 e. The minimum absolute atomic E-state index is 0.0799. The number of hydrogen-bond donors (Lipinski definition) is 2. The first-order valence-corrected chi connectivity index (χ1v) is 4.41. The van der Waals surface area contributed by atoms with Gasteiger partial charge in [-0.1, -0.05) is 19.8 Å². The summed E-state index contributed by atoms with van der Waals surface area (Å²) in [5.41, 5.74) is -0.633. The van der Waals surface area contributed by atoms with Crippen LogP contribution < -0.4 is 0 Å². The Hall–Kier alpha value is -0.0800. The molecule has 0 aliphatic heterocycles. The van der Waals surface area contributed by atoms with E-state index in [2.05, 4.69) is 6.92 Å². The van der Waals surface area contributed by atoms with Crippen molar-refractivity contribution in [3.05, 3.63) is 0 Å². The molecule has 0 aromatic heterocycles. The summed E-state index contributed by atoms with van der Waals surface area (Å²) in [4.78, 5) is 0. The highest BCUT2D eigenvalue weighted by atomic mass is 16.3. The average Bonchev–Trinajstić information content (AvgIpc) is 1.86. The van der Waals surface area contributed by atoms with Crippen molar-refractivity contribution in [3.8, 4) is 0 Å². The van der Waals surface area contributed by atoms with Gasteiger partial charge in [-0.2, -0.15) is 0 Å². The first kappa shape index (κ1) is 9.01. The maximum absolute atomic E-state index is 9.84. The predicted octanol–water partition coefficient (Wildman–Crippen LogP) is 1.17. The molecule has 2 heteroatoms. The third-order valence-electron chi connectivity index (χ3n) is 3.02. The molecule has 2 N–H and O–H groups in total. The molecule has 1 saturated carbocycles. The van der Waals surface area contributed by atoms with Gasteiger partial charge in [0.25, 0.3) is 0 Å². The van der Waals surface area contributed by atoms with Crippen molar-refractivity contribution < 1.29 is 10.2 Å². The standard InChI is InChI=1S/C9H18O2/c1-7-4-3-5-9(2,11)8(7)6-10/h7-8,10-11H,3-6H2,1-2H3. The molecule has 1 fully saturated rings. The lowest BCUT2D eigenvalue weighted by Gasteiger charge is -2.40. The van der Waals surface area contributed by atoms with Gasteiger partial charge in [0, 0.05) is 12.5 Å². The molecule has 2 nitrogen and oxygen atoms in total. The molecule has 0 heterocycles. The number of hydrogen-bond acceptors (Lipinski definition) is 2. The van der Waals surface area contributed by atoms with Gasteiger partial charge < -0.3 is 10.2 Å². The number of aliphatic hydroxyl groups excluding tert-OH is 1. The van der Waals surface area contributed by atoms with Crippen LogP contribution in [0.3, 0.4) is 0 Å². The van der Waals surface area contributed by atoms with Gasteiger partial charge in [0.2, 0.25) is 0 Å². The topological polar surface area (TPSA) is 40.5 Å². The molecule has 1 aliphatic rings. The average molecular weight is 158 g/mol. The van der Waals surface area contributed by atoms with Crippen LogP contribution in [-0.2, 0) is 0 Å². The van der Waals surface area contributed by atoms with Crippen molar-refractivity contribution in [2.45, 2.75) is 38.7 Å². The molecule has 3 atom stereocenters. The van der Waals surface area contributed by atoms with Gasteiger partial charge in [-0.05, 0) is 19.3 Å². The van der Waals surface area contributed by atoms with Crippen molar-refractivity contribution in [2.75, 3.05) is 6.61 Å². The highest BCUT2D eigenvalue weighted by Gasteiger charge is 2.37. The first-order valence-electron chi connectivity index (χ1n) is 4.41. The van der Waals surface area contributed by atoms with Gasteiger partial charge in [-0.25, -0.2) is 0 Å². The monoisotopic (exact) mass is 158 g/mol. The number of aliphatic hydroxyl groups is 2. The van der Waals surface area contributed by atoms with E-state index in [9.17, 15) is 5.11 Å². The Kier molecular flexibility index (Phi) is 2.55. The van der Waals surface area contributed by atoms with E-state index in [-0.39, 0.29) is 12.5 Å². The Morgan fingerprint density at radius 1 is 1.55 bits per heavy atom. The Bertz CT molecular complexity index is 132. The van der Waals surface area contributed by atoms with E-state index in [1.807, 2.05) is 6.92 Å². The lowest BCUT2D eigenvalue weighted by Crippen LogP contribution is -2.43. The molecule has 0 amide bonds. The molecule has 0 saturated heterocycles. The fourth-order valence-electron chi connectivity index (χ4n) is 2.16. The molecule has 1 rings (SSSR count). The maximum atomic E-state index is 9.84. The van der Waals surface area contributed by atoms with Crippen LogP contribution >= 0.6 is 0 Å². The molecule has 66 valence electrons. The van der Waals surface area contributed by atoms with E-state index in [1.54, 1.807) is 0 Å². The zero-order valence-corrected chi connectivity index (χ0v) is 7.38. The second-order valence-electron chi connectivity index (χ2n) is 4.02. The SMILES string of the molecule is CC1CCCC(C)(O)C1CO. The zero-order valence-electron chi connectivity index (χ0n) is 7.38. The normalized spacial score (nSPS) is 45.8. The minimum atomic E-state index is -0.633. The first-order chi connectivity index (χ1) is 5.08. The smallest absolute Gasteiger partial charge is 0.0672 e. The van der Waals surface area contributed by atoms with Gasteiger partial charge in [0.15, 0.2) is 0 Å². The van der Waals surface area contributed by atoms with E-state index < -0.39 is 5.60 Å². The number of rotatable bonds is 1. The molecule has 0 radical (unpaired) electrons. The molecule has 3 unspecified atom stereocenters. The van der Waals surface area contributed by atoms with Crippen LogP contribution in [0.4, 0.5) is 0 Å². The van der Waals surface area contributed by atoms with Crippen molar-refractivity contribution in [1.29, 1.82) is 0 Å². The summed E-state index contributed by atoms with van der Waals surface area (Å²) in [5, 5.41) is 18.9.